The maximum absolute atomic E-state index is 14.0. The smallest absolute Gasteiger partial charge is 0.436 e. The third kappa shape index (κ3) is 7.28. The van der Waals surface area contributed by atoms with Crippen molar-refractivity contribution in [3.8, 4) is 0 Å². The van der Waals surface area contributed by atoms with Gasteiger partial charge in [-0.1, -0.05) is 39.5 Å². The second-order valence-corrected chi connectivity index (χ2v) is 5.36. The molecule has 2 nitrogen and oxygen atoms in total. The molecule has 0 fully saturated rings. The van der Waals surface area contributed by atoms with Crippen molar-refractivity contribution in [2.45, 2.75) is 65.2 Å². The molecule has 0 saturated carbocycles. The number of hydrogen-bond donors (Lipinski definition) is 0. The summed E-state index contributed by atoms with van der Waals surface area (Å²) in [5, 5.41) is 0. The van der Waals surface area contributed by atoms with Gasteiger partial charge in [-0.2, -0.15) is 0 Å². The number of hydrogen-bond acceptors (Lipinski definition) is 1. The summed E-state index contributed by atoms with van der Waals surface area (Å²) in [5.41, 5.74) is 0. The summed E-state index contributed by atoms with van der Waals surface area (Å²) >= 11 is 0. The van der Waals surface area contributed by atoms with Crippen molar-refractivity contribution < 1.29 is 25.9 Å². The quantitative estimate of drug-likeness (QED) is 0.325. The normalized spacial score (nSPS) is 15.0. The Labute approximate surface area is 128 Å². The van der Waals surface area contributed by atoms with Crippen molar-refractivity contribution >= 4 is 6.09 Å². The van der Waals surface area contributed by atoms with Crippen LogP contribution < -0.4 is 17.0 Å². The molecule has 1 aliphatic heterocycles. The molecule has 0 unspecified atom stereocenters. The highest BCUT2D eigenvalue weighted by molar-refractivity contribution is 5.68. The van der Waals surface area contributed by atoms with Gasteiger partial charge >= 0.3 is 6.09 Å². The van der Waals surface area contributed by atoms with E-state index in [9.17, 15) is 4.39 Å². The minimum Gasteiger partial charge on any atom is -1.00 e. The fourth-order valence-corrected chi connectivity index (χ4v) is 2.49. The minimum absolute atomic E-state index is 0. The van der Waals surface area contributed by atoms with Crippen LogP contribution in [0, 0.1) is 0 Å². The van der Waals surface area contributed by atoms with Crippen LogP contribution in [0.2, 0.25) is 0 Å². The van der Waals surface area contributed by atoms with Gasteiger partial charge in [-0.15, -0.1) is 4.39 Å². The van der Waals surface area contributed by atoms with Gasteiger partial charge in [-0.3, -0.25) is 0 Å². The summed E-state index contributed by atoms with van der Waals surface area (Å²) in [5.74, 6) is 0. The monoisotopic (exact) mass is 336 g/mol. The third-order valence-corrected chi connectivity index (χ3v) is 3.72. The maximum Gasteiger partial charge on any atom is 0.436 e. The second kappa shape index (κ2) is 11.7. The predicted molar refractivity (Wildman–Crippen MR) is 76.0 cm³/mol. The average Bonchev–Trinajstić information content (AvgIpc) is 2.72. The highest BCUT2D eigenvalue weighted by atomic mass is 79.9. The fraction of sp³-hybridized carbons (Fsp3) is 0.933. The molecule has 0 aromatic heterocycles. The van der Waals surface area contributed by atoms with Crippen LogP contribution in [0.25, 0.3) is 0 Å². The number of halogens is 2. The number of rotatable bonds is 10. The molecule has 19 heavy (non-hydrogen) atoms. The number of amidine groups is 1. The van der Waals surface area contributed by atoms with E-state index in [1.54, 1.807) is 0 Å². The summed E-state index contributed by atoms with van der Waals surface area (Å²) in [4.78, 5) is 1.93. The lowest BCUT2D eigenvalue weighted by Gasteiger charge is -2.07. The third-order valence-electron chi connectivity index (χ3n) is 3.72. The minimum atomic E-state index is 0. The van der Waals surface area contributed by atoms with Gasteiger partial charge < -0.3 is 17.0 Å². The summed E-state index contributed by atoms with van der Waals surface area (Å²) in [6, 6.07) is 0. The standard InChI is InChI=1S/C15H30FN2.BrH/c1-3-5-7-9-11-17-13-14-18(15(17)16)12-10-8-6-4-2;/h3-14H2,1-2H3;1H/q+1;/p-1. The van der Waals surface area contributed by atoms with Gasteiger partial charge in [0.05, 0.1) is 13.1 Å². The van der Waals surface area contributed by atoms with E-state index < -0.39 is 0 Å². The van der Waals surface area contributed by atoms with Crippen molar-refractivity contribution in [1.82, 2.24) is 4.90 Å². The molecule has 4 heteroatoms. The zero-order valence-electron chi connectivity index (χ0n) is 12.6. The molecular formula is C15H30BrFN2. The van der Waals surface area contributed by atoms with Gasteiger partial charge in [-0.25, -0.2) is 9.48 Å². The lowest BCUT2D eigenvalue weighted by Crippen LogP contribution is -3.00. The van der Waals surface area contributed by atoms with Crippen LogP contribution in [0.1, 0.15) is 65.2 Å². The molecule has 0 aromatic rings. The van der Waals surface area contributed by atoms with Gasteiger partial charge in [0.15, 0.2) is 0 Å². The summed E-state index contributed by atoms with van der Waals surface area (Å²) < 4.78 is 16.0. The predicted octanol–water partition coefficient (Wildman–Crippen LogP) is 0.805. The molecule has 1 aliphatic rings. The van der Waals surface area contributed by atoms with Crippen LogP contribution in [-0.4, -0.2) is 41.7 Å². The van der Waals surface area contributed by atoms with E-state index in [1.807, 2.05) is 9.48 Å². The first-order chi connectivity index (χ1) is 8.79. The SMILES string of the molecule is CCCCCCN1CC[N+](CCCCCC)=C1F.[Br-]. The van der Waals surface area contributed by atoms with Gasteiger partial charge in [0.2, 0.25) is 0 Å². The molecule has 0 amide bonds. The molecule has 0 saturated heterocycles. The maximum atomic E-state index is 14.0. The Morgan fingerprint density at radius 3 is 2.26 bits per heavy atom. The Hall–Kier alpha value is -0.120. The number of unbranched alkanes of at least 4 members (excludes halogenated alkanes) is 6. The van der Waals surface area contributed by atoms with Gasteiger partial charge in [-0.05, 0) is 25.7 Å². The van der Waals surface area contributed by atoms with E-state index in [0.29, 0.717) is 0 Å². The molecule has 0 spiro atoms. The average molecular weight is 337 g/mol. The molecule has 0 N–H and O–H groups in total. The molecule has 0 bridgehead atoms. The highest BCUT2D eigenvalue weighted by Crippen LogP contribution is 2.09. The van der Waals surface area contributed by atoms with Crippen LogP contribution >= 0.6 is 0 Å². The van der Waals surface area contributed by atoms with E-state index in [4.69, 9.17) is 0 Å². The molecule has 0 radical (unpaired) electrons. The lowest BCUT2D eigenvalue weighted by molar-refractivity contribution is -0.523. The first-order valence-corrected chi connectivity index (χ1v) is 7.82. The van der Waals surface area contributed by atoms with E-state index in [0.717, 1.165) is 39.0 Å². The van der Waals surface area contributed by atoms with E-state index in [1.165, 1.54) is 38.5 Å². The van der Waals surface area contributed by atoms with Crippen LogP contribution in [0.5, 0.6) is 0 Å². The Morgan fingerprint density at radius 1 is 1.00 bits per heavy atom. The van der Waals surface area contributed by atoms with Crippen molar-refractivity contribution in [3.05, 3.63) is 0 Å². The Kier molecular flexibility index (Phi) is 11.6. The van der Waals surface area contributed by atoms with E-state index >= 15 is 0 Å². The first-order valence-electron chi connectivity index (χ1n) is 7.82. The van der Waals surface area contributed by atoms with Gasteiger partial charge in [0, 0.05) is 0 Å². The largest absolute Gasteiger partial charge is 1.00 e. The van der Waals surface area contributed by atoms with Gasteiger partial charge in [0.1, 0.15) is 13.1 Å². The molecule has 0 aromatic carbocycles. The van der Waals surface area contributed by atoms with Crippen molar-refractivity contribution in [2.24, 2.45) is 0 Å². The van der Waals surface area contributed by atoms with E-state index in [-0.39, 0.29) is 23.1 Å². The zero-order chi connectivity index (χ0) is 13.2. The Balaban J connectivity index is 0.00000324. The van der Waals surface area contributed by atoms with Crippen molar-refractivity contribution in [3.63, 3.8) is 0 Å². The van der Waals surface area contributed by atoms with Crippen LogP contribution in [-0.2, 0) is 0 Å². The summed E-state index contributed by atoms with van der Waals surface area (Å²) in [6.07, 6.45) is 9.80. The molecule has 114 valence electrons. The Bertz CT molecular complexity index is 257. The number of nitrogens with zero attached hydrogens (tertiary/aromatic N) is 2. The molecule has 0 aliphatic carbocycles. The fourth-order valence-electron chi connectivity index (χ4n) is 2.49. The van der Waals surface area contributed by atoms with Crippen LogP contribution in [0.15, 0.2) is 0 Å². The first kappa shape index (κ1) is 18.9. The van der Waals surface area contributed by atoms with Crippen molar-refractivity contribution in [2.75, 3.05) is 26.2 Å². The molecule has 1 rings (SSSR count). The zero-order valence-corrected chi connectivity index (χ0v) is 14.2. The van der Waals surface area contributed by atoms with Gasteiger partial charge in [0.25, 0.3) is 0 Å². The molecule has 1 heterocycles. The van der Waals surface area contributed by atoms with Crippen LogP contribution in [0.4, 0.5) is 4.39 Å². The lowest BCUT2D eigenvalue weighted by atomic mass is 10.2. The van der Waals surface area contributed by atoms with Crippen molar-refractivity contribution in [1.29, 1.82) is 0 Å². The van der Waals surface area contributed by atoms with E-state index in [2.05, 4.69) is 13.8 Å². The molecule has 0 atom stereocenters. The summed E-state index contributed by atoms with van der Waals surface area (Å²) in [7, 11) is 0. The molecular weight excluding hydrogens is 307 g/mol. The Morgan fingerprint density at radius 2 is 1.63 bits per heavy atom. The highest BCUT2D eigenvalue weighted by Gasteiger charge is 2.29. The topological polar surface area (TPSA) is 6.25 Å². The summed E-state index contributed by atoms with van der Waals surface area (Å²) in [6.45, 7) is 7.98. The van der Waals surface area contributed by atoms with Crippen LogP contribution in [0.3, 0.4) is 0 Å². The second-order valence-electron chi connectivity index (χ2n) is 5.36.